The van der Waals surface area contributed by atoms with E-state index in [2.05, 4.69) is 20.3 Å². The van der Waals surface area contributed by atoms with E-state index in [1.165, 1.54) is 46.3 Å². The summed E-state index contributed by atoms with van der Waals surface area (Å²) in [6.45, 7) is -1.29. The highest BCUT2D eigenvalue weighted by Crippen LogP contribution is 2.41. The molecule has 17 heteroatoms. The van der Waals surface area contributed by atoms with Crippen LogP contribution >= 0.6 is 46.2 Å². The number of aliphatic carboxylic acids is 1. The Morgan fingerprint density at radius 3 is 2.86 bits per heavy atom. The van der Waals surface area contributed by atoms with Gasteiger partial charge in [-0.2, -0.15) is 0 Å². The van der Waals surface area contributed by atoms with Gasteiger partial charge in [0.1, 0.15) is 28.6 Å². The fraction of sp³-hybridized carbons (Fsp3) is 0.200. The SMILES string of the molecule is COc1ccc2c(=O)cc(SC=CC3=C(C(=O)O)N4C(=O)C(NC(=O)C(=NOCF)c5csc(N)n5)[C@@H]4SC3)sc2c1. The van der Waals surface area contributed by atoms with Crippen LogP contribution in [-0.2, 0) is 19.2 Å². The lowest BCUT2D eigenvalue weighted by molar-refractivity contribution is -0.150. The number of amides is 2. The standard InChI is InChI=1S/C25H20FN5O7S4/c1-37-12-2-3-13-15(32)7-17(42-16(13)6-12)39-5-4-11-8-40-23-19(22(34)31(23)20(11)24(35)36)29-21(33)18(30-38-10-26)14-9-41-25(27)28-14/h2-7,9,19,23H,8,10H2,1H3,(H2,27,28)(H,29,33)(H,35,36)/t19?,23-/m0/s1. The number of nitrogens with two attached hydrogens (primary N) is 1. The van der Waals surface area contributed by atoms with Crippen molar-refractivity contribution in [3.63, 3.8) is 0 Å². The van der Waals surface area contributed by atoms with E-state index in [1.807, 2.05) is 0 Å². The van der Waals surface area contributed by atoms with Gasteiger partial charge in [0, 0.05) is 27.3 Å². The van der Waals surface area contributed by atoms with Crippen LogP contribution in [0.3, 0.4) is 0 Å². The summed E-state index contributed by atoms with van der Waals surface area (Å²) in [4.78, 5) is 60.1. The van der Waals surface area contributed by atoms with Crippen LogP contribution in [0.5, 0.6) is 5.75 Å². The summed E-state index contributed by atoms with van der Waals surface area (Å²) < 4.78 is 19.2. The number of oxime groups is 1. The second-order valence-electron chi connectivity index (χ2n) is 8.50. The van der Waals surface area contributed by atoms with E-state index in [0.717, 1.165) is 20.9 Å². The molecule has 1 unspecified atom stereocenters. The number of methoxy groups -OCH3 is 1. The van der Waals surface area contributed by atoms with E-state index in [9.17, 15) is 28.7 Å². The van der Waals surface area contributed by atoms with Crippen LogP contribution in [-0.4, -0.2) is 69.6 Å². The average Bonchev–Trinajstić information content (AvgIpc) is 3.40. The fourth-order valence-electron chi connectivity index (χ4n) is 4.15. The molecule has 1 saturated heterocycles. The van der Waals surface area contributed by atoms with Gasteiger partial charge in [-0.1, -0.05) is 16.9 Å². The van der Waals surface area contributed by atoms with Crippen molar-refractivity contribution in [2.75, 3.05) is 25.5 Å². The van der Waals surface area contributed by atoms with Gasteiger partial charge in [0.15, 0.2) is 16.3 Å². The molecule has 2 amide bonds. The number of rotatable bonds is 10. The summed E-state index contributed by atoms with van der Waals surface area (Å²) in [5.41, 5.74) is 5.31. The lowest BCUT2D eigenvalue weighted by Crippen LogP contribution is -2.71. The second-order valence-corrected chi connectivity index (χ2v) is 12.8. The number of carbonyl (C=O) groups excluding carboxylic acids is 2. The Morgan fingerprint density at radius 2 is 2.17 bits per heavy atom. The largest absolute Gasteiger partial charge is 0.497 e. The van der Waals surface area contributed by atoms with Gasteiger partial charge in [0.05, 0.1) is 11.3 Å². The first kappa shape index (κ1) is 29.6. The Balaban J connectivity index is 1.32. The van der Waals surface area contributed by atoms with E-state index in [0.29, 0.717) is 20.9 Å². The van der Waals surface area contributed by atoms with Crippen LogP contribution in [0.15, 0.2) is 66.6 Å². The molecule has 4 N–H and O–H groups in total. The van der Waals surface area contributed by atoms with Gasteiger partial charge in [-0.25, -0.2) is 14.2 Å². The molecule has 2 aliphatic rings. The van der Waals surface area contributed by atoms with Crippen molar-refractivity contribution in [3.05, 3.63) is 68.3 Å². The Kier molecular flexibility index (Phi) is 8.81. The molecule has 1 aromatic carbocycles. The summed E-state index contributed by atoms with van der Waals surface area (Å²) in [5, 5.41) is 19.0. The highest BCUT2D eigenvalue weighted by atomic mass is 32.2. The van der Waals surface area contributed by atoms with Crippen molar-refractivity contribution in [1.82, 2.24) is 15.2 Å². The molecule has 218 valence electrons. The van der Waals surface area contributed by atoms with Crippen molar-refractivity contribution >= 4 is 84.9 Å². The predicted molar refractivity (Wildman–Crippen MR) is 159 cm³/mol. The highest BCUT2D eigenvalue weighted by molar-refractivity contribution is 8.04. The minimum absolute atomic E-state index is 0.0370. The molecule has 1 fully saturated rings. The third-order valence-electron chi connectivity index (χ3n) is 6.04. The molecule has 0 radical (unpaired) electrons. The molecule has 3 aromatic rings. The van der Waals surface area contributed by atoms with Crippen molar-refractivity contribution in [2.24, 2.45) is 5.16 Å². The van der Waals surface area contributed by atoms with Crippen LogP contribution in [0.4, 0.5) is 9.52 Å². The Hall–Kier alpha value is -3.93. The number of carbonyl (C=O) groups is 3. The van der Waals surface area contributed by atoms with Gasteiger partial charge in [-0.3, -0.25) is 19.3 Å². The number of carboxylic acids is 1. The smallest absolute Gasteiger partial charge is 0.352 e. The van der Waals surface area contributed by atoms with E-state index < -0.39 is 36.1 Å². The van der Waals surface area contributed by atoms with Gasteiger partial charge in [-0.05, 0) is 35.3 Å². The minimum Gasteiger partial charge on any atom is -0.497 e. The van der Waals surface area contributed by atoms with Gasteiger partial charge in [0.25, 0.3) is 18.7 Å². The molecule has 2 atom stereocenters. The molecular formula is C25H20FN5O7S4. The molecule has 12 nitrogen and oxygen atoms in total. The van der Waals surface area contributed by atoms with Crippen LogP contribution in [0.2, 0.25) is 0 Å². The summed E-state index contributed by atoms with van der Waals surface area (Å²) in [6.07, 6.45) is 1.59. The topological polar surface area (TPSA) is 174 Å². The zero-order valence-corrected chi connectivity index (χ0v) is 24.7. The van der Waals surface area contributed by atoms with Crippen molar-refractivity contribution in [1.29, 1.82) is 0 Å². The lowest BCUT2D eigenvalue weighted by Gasteiger charge is -2.49. The average molecular weight is 650 g/mol. The first-order valence-corrected chi connectivity index (χ1v) is 15.5. The number of thiazole rings is 1. The number of thioether (sulfide) groups is 2. The normalized spacial score (nSPS) is 18.7. The number of β-lactam (4-membered cyclic amide) rings is 1. The zero-order valence-electron chi connectivity index (χ0n) is 21.4. The number of hydrogen-bond acceptors (Lipinski definition) is 13. The first-order chi connectivity index (χ1) is 20.2. The number of fused-ring (bicyclic) bond motifs is 2. The molecular weight excluding hydrogens is 630 g/mol. The number of ether oxygens (including phenoxy) is 1. The second kappa shape index (κ2) is 12.5. The first-order valence-electron chi connectivity index (χ1n) is 11.9. The number of benzene rings is 1. The number of aromatic nitrogens is 1. The maximum atomic E-state index is 13.0. The van der Waals surface area contributed by atoms with Gasteiger partial charge in [0.2, 0.25) is 0 Å². The van der Waals surface area contributed by atoms with Crippen LogP contribution in [0.1, 0.15) is 5.69 Å². The highest BCUT2D eigenvalue weighted by Gasteiger charge is 2.54. The quantitative estimate of drug-likeness (QED) is 0.128. The number of carboxylic acid groups (broad SMARTS) is 1. The maximum Gasteiger partial charge on any atom is 0.352 e. The number of nitrogens with zero attached hydrogens (tertiary/aromatic N) is 3. The number of hydrogen-bond donors (Lipinski definition) is 3. The Labute approximate surface area is 253 Å². The van der Waals surface area contributed by atoms with Gasteiger partial charge >= 0.3 is 5.97 Å². The molecule has 0 bridgehead atoms. The molecule has 0 spiro atoms. The summed E-state index contributed by atoms with van der Waals surface area (Å²) in [7, 11) is 1.54. The van der Waals surface area contributed by atoms with Gasteiger partial charge in [-0.15, -0.1) is 34.4 Å². The van der Waals surface area contributed by atoms with Crippen LogP contribution in [0.25, 0.3) is 10.1 Å². The number of nitrogen functional groups attached to an aromatic ring is 1. The third kappa shape index (κ3) is 5.85. The van der Waals surface area contributed by atoms with E-state index in [-0.39, 0.29) is 33.4 Å². The fourth-order valence-corrected chi connectivity index (χ4v) is 8.02. The van der Waals surface area contributed by atoms with Crippen molar-refractivity contribution in [3.8, 4) is 5.75 Å². The van der Waals surface area contributed by atoms with Gasteiger partial charge < -0.3 is 25.7 Å². The van der Waals surface area contributed by atoms with E-state index >= 15 is 0 Å². The molecule has 4 heterocycles. The molecule has 2 aromatic heterocycles. The molecule has 42 heavy (non-hydrogen) atoms. The number of alkyl halides is 1. The third-order valence-corrected chi connectivity index (χ3v) is 10.1. The predicted octanol–water partition coefficient (Wildman–Crippen LogP) is 3.00. The number of anilines is 1. The molecule has 5 rings (SSSR count). The van der Waals surface area contributed by atoms with Crippen LogP contribution in [0, 0.1) is 0 Å². The molecule has 0 saturated carbocycles. The molecule has 0 aliphatic carbocycles. The summed E-state index contributed by atoms with van der Waals surface area (Å²) >= 11 is 4.93. The summed E-state index contributed by atoms with van der Waals surface area (Å²) in [6, 6.07) is 5.65. The lowest BCUT2D eigenvalue weighted by atomic mass is 10.0. The van der Waals surface area contributed by atoms with Crippen LogP contribution < -0.4 is 21.2 Å². The molecule has 2 aliphatic heterocycles. The Bertz CT molecular complexity index is 1740. The number of halogens is 1. The Morgan fingerprint density at radius 1 is 1.36 bits per heavy atom. The van der Waals surface area contributed by atoms with Crippen molar-refractivity contribution < 1.29 is 33.5 Å². The number of nitrogens with one attached hydrogen (secondary N) is 1. The van der Waals surface area contributed by atoms with E-state index in [1.54, 1.807) is 36.8 Å². The zero-order chi connectivity index (χ0) is 30.0. The monoisotopic (exact) mass is 649 g/mol. The summed E-state index contributed by atoms with van der Waals surface area (Å²) in [5.74, 6) is -1.94. The minimum atomic E-state index is -1.30. The van der Waals surface area contributed by atoms with E-state index in [4.69, 9.17) is 10.5 Å². The van der Waals surface area contributed by atoms with Crippen molar-refractivity contribution in [2.45, 2.75) is 15.6 Å². The maximum absolute atomic E-state index is 13.0. The number of allylic oxidation sites excluding steroid dienone is 1.